The van der Waals surface area contributed by atoms with Crippen molar-refractivity contribution < 1.29 is 9.90 Å². The maximum absolute atomic E-state index is 10.9. The molecule has 1 aliphatic rings. The number of nitrogens with one attached hydrogen (secondary N) is 1. The summed E-state index contributed by atoms with van der Waals surface area (Å²) in [5, 5.41) is 10.3. The number of rotatable bonds is 2. The normalized spacial score (nSPS) is 16.8. The highest BCUT2D eigenvalue weighted by molar-refractivity contribution is 5.84. The number of H-pyrrole nitrogens is 1. The number of likely N-dealkylation sites (tertiary alicyclic amines) is 1. The van der Waals surface area contributed by atoms with Crippen LogP contribution in [0.25, 0.3) is 10.9 Å². The van der Waals surface area contributed by atoms with Crippen molar-refractivity contribution in [3.8, 4) is 0 Å². The quantitative estimate of drug-likeness (QED) is 0.877. The van der Waals surface area contributed by atoms with E-state index in [-0.39, 0.29) is 0 Å². The van der Waals surface area contributed by atoms with Crippen LogP contribution in [-0.4, -0.2) is 34.2 Å². The molecule has 2 N–H and O–H groups in total. The van der Waals surface area contributed by atoms with Crippen LogP contribution in [0.15, 0.2) is 24.4 Å². The molecule has 1 aromatic carbocycles. The van der Waals surface area contributed by atoms with Crippen molar-refractivity contribution in [2.24, 2.45) is 0 Å². The maximum atomic E-state index is 10.9. The largest absolute Gasteiger partial charge is 0.465 e. The van der Waals surface area contributed by atoms with Crippen LogP contribution >= 0.6 is 0 Å². The smallest absolute Gasteiger partial charge is 0.407 e. The van der Waals surface area contributed by atoms with Crippen LogP contribution in [0, 0.1) is 0 Å². The van der Waals surface area contributed by atoms with Gasteiger partial charge in [-0.15, -0.1) is 0 Å². The number of hydrogen-bond donors (Lipinski definition) is 2. The molecule has 1 aliphatic heterocycles. The van der Waals surface area contributed by atoms with Gasteiger partial charge in [-0.1, -0.05) is 13.0 Å². The van der Waals surface area contributed by atoms with Crippen molar-refractivity contribution in [2.75, 3.05) is 13.1 Å². The van der Waals surface area contributed by atoms with Crippen molar-refractivity contribution >= 4 is 17.0 Å². The van der Waals surface area contributed by atoms with E-state index in [4.69, 9.17) is 5.11 Å². The molecule has 4 heteroatoms. The molecule has 0 aliphatic carbocycles. The molecule has 0 atom stereocenters. The lowest BCUT2D eigenvalue weighted by Gasteiger charge is -2.30. The molecule has 0 radical (unpaired) electrons. The second kappa shape index (κ2) is 5.19. The van der Waals surface area contributed by atoms with Crippen molar-refractivity contribution in [3.63, 3.8) is 0 Å². The van der Waals surface area contributed by atoms with Crippen molar-refractivity contribution in [1.82, 2.24) is 9.88 Å². The Bertz CT molecular complexity index is 624. The Morgan fingerprint density at radius 2 is 2.15 bits per heavy atom. The molecule has 1 amide bonds. The Balaban J connectivity index is 1.82. The van der Waals surface area contributed by atoms with E-state index in [9.17, 15) is 4.79 Å². The molecule has 106 valence electrons. The number of hydrogen-bond acceptors (Lipinski definition) is 1. The van der Waals surface area contributed by atoms with E-state index < -0.39 is 6.09 Å². The molecule has 0 saturated carbocycles. The summed E-state index contributed by atoms with van der Waals surface area (Å²) in [5.74, 6) is 0.481. The fourth-order valence-electron chi connectivity index (χ4n) is 3.15. The van der Waals surface area contributed by atoms with E-state index in [0.717, 1.165) is 19.3 Å². The molecule has 20 heavy (non-hydrogen) atoms. The number of aromatic amines is 1. The predicted molar refractivity (Wildman–Crippen MR) is 79.2 cm³/mol. The topological polar surface area (TPSA) is 56.3 Å². The highest BCUT2D eigenvalue weighted by Gasteiger charge is 2.23. The first-order valence-corrected chi connectivity index (χ1v) is 7.27. The van der Waals surface area contributed by atoms with E-state index in [0.29, 0.717) is 19.0 Å². The fraction of sp³-hybridized carbons (Fsp3) is 0.438. The second-order valence-electron chi connectivity index (χ2n) is 5.52. The fourth-order valence-corrected chi connectivity index (χ4v) is 3.15. The number of amides is 1. The van der Waals surface area contributed by atoms with Gasteiger partial charge in [-0.05, 0) is 48.4 Å². The number of carbonyl (C=O) groups is 1. The van der Waals surface area contributed by atoms with E-state index in [1.165, 1.54) is 26.9 Å². The van der Waals surface area contributed by atoms with Crippen LogP contribution in [0.3, 0.4) is 0 Å². The van der Waals surface area contributed by atoms with E-state index >= 15 is 0 Å². The summed E-state index contributed by atoms with van der Waals surface area (Å²) in [6, 6.07) is 6.61. The predicted octanol–water partition coefficient (Wildman–Crippen LogP) is 3.59. The summed E-state index contributed by atoms with van der Waals surface area (Å²) in [6.45, 7) is 3.46. The molecule has 2 aromatic rings. The SMILES string of the molecule is CCc1c[nH]c2ccc(C3CCN(C(=O)O)CC3)cc12. The molecular weight excluding hydrogens is 252 g/mol. The Hall–Kier alpha value is -1.97. The summed E-state index contributed by atoms with van der Waals surface area (Å²) < 4.78 is 0. The molecule has 1 aromatic heterocycles. The lowest BCUT2D eigenvalue weighted by atomic mass is 9.88. The van der Waals surface area contributed by atoms with Crippen LogP contribution in [0.2, 0.25) is 0 Å². The third-order valence-corrected chi connectivity index (χ3v) is 4.41. The van der Waals surface area contributed by atoms with Crippen LogP contribution in [0.4, 0.5) is 4.79 Å². The first-order valence-electron chi connectivity index (χ1n) is 7.27. The van der Waals surface area contributed by atoms with Crippen LogP contribution in [0.1, 0.15) is 36.8 Å². The van der Waals surface area contributed by atoms with Crippen LogP contribution in [-0.2, 0) is 6.42 Å². The molecule has 0 unspecified atom stereocenters. The number of aryl methyl sites for hydroxylation is 1. The van der Waals surface area contributed by atoms with Gasteiger partial charge in [0.05, 0.1) is 0 Å². The average molecular weight is 272 g/mol. The highest BCUT2D eigenvalue weighted by Crippen LogP contribution is 2.31. The van der Waals surface area contributed by atoms with E-state index in [1.54, 1.807) is 0 Å². The first-order chi connectivity index (χ1) is 9.69. The van der Waals surface area contributed by atoms with Gasteiger partial charge in [-0.25, -0.2) is 4.79 Å². The molecule has 0 bridgehead atoms. The average Bonchev–Trinajstić information content (AvgIpc) is 2.89. The number of aromatic nitrogens is 1. The molecule has 1 fully saturated rings. The molecule has 4 nitrogen and oxygen atoms in total. The van der Waals surface area contributed by atoms with Gasteiger partial charge < -0.3 is 15.0 Å². The Morgan fingerprint density at radius 3 is 2.80 bits per heavy atom. The molecule has 3 rings (SSSR count). The zero-order valence-electron chi connectivity index (χ0n) is 11.7. The summed E-state index contributed by atoms with van der Waals surface area (Å²) in [4.78, 5) is 15.8. The summed E-state index contributed by atoms with van der Waals surface area (Å²) in [5.41, 5.74) is 3.88. The summed E-state index contributed by atoms with van der Waals surface area (Å²) in [7, 11) is 0. The number of piperidine rings is 1. The van der Waals surface area contributed by atoms with Gasteiger partial charge >= 0.3 is 6.09 Å². The van der Waals surface area contributed by atoms with Gasteiger partial charge in [0.15, 0.2) is 0 Å². The zero-order valence-corrected chi connectivity index (χ0v) is 11.7. The zero-order chi connectivity index (χ0) is 14.1. The summed E-state index contributed by atoms with van der Waals surface area (Å²) in [6.07, 6.45) is 4.16. The van der Waals surface area contributed by atoms with Crippen LogP contribution < -0.4 is 0 Å². The van der Waals surface area contributed by atoms with Crippen molar-refractivity contribution in [2.45, 2.75) is 32.1 Å². The third-order valence-electron chi connectivity index (χ3n) is 4.41. The Kier molecular flexibility index (Phi) is 3.38. The molecular formula is C16H20N2O2. The van der Waals surface area contributed by atoms with Crippen molar-refractivity contribution in [3.05, 3.63) is 35.5 Å². The Labute approximate surface area is 118 Å². The first kappa shape index (κ1) is 13.0. The van der Waals surface area contributed by atoms with Crippen LogP contribution in [0.5, 0.6) is 0 Å². The number of fused-ring (bicyclic) bond motifs is 1. The van der Waals surface area contributed by atoms with Gasteiger partial charge in [0, 0.05) is 30.2 Å². The number of carboxylic acid groups (broad SMARTS) is 1. The standard InChI is InChI=1S/C16H20N2O2/c1-2-11-10-17-15-4-3-13(9-14(11)15)12-5-7-18(8-6-12)16(19)20/h3-4,9-10,12,17H,2,5-8H2,1H3,(H,19,20). The monoisotopic (exact) mass is 272 g/mol. The highest BCUT2D eigenvalue weighted by atomic mass is 16.4. The minimum absolute atomic E-state index is 0.481. The molecule has 1 saturated heterocycles. The van der Waals surface area contributed by atoms with Gasteiger partial charge in [0.25, 0.3) is 0 Å². The summed E-state index contributed by atoms with van der Waals surface area (Å²) >= 11 is 0. The minimum Gasteiger partial charge on any atom is -0.465 e. The third kappa shape index (κ3) is 2.26. The maximum Gasteiger partial charge on any atom is 0.407 e. The van der Waals surface area contributed by atoms with Gasteiger partial charge in [0.1, 0.15) is 0 Å². The van der Waals surface area contributed by atoms with E-state index in [1.807, 2.05) is 0 Å². The molecule has 0 spiro atoms. The second-order valence-corrected chi connectivity index (χ2v) is 5.52. The Morgan fingerprint density at radius 1 is 1.40 bits per heavy atom. The van der Waals surface area contributed by atoms with Gasteiger partial charge in [-0.2, -0.15) is 0 Å². The van der Waals surface area contributed by atoms with E-state index in [2.05, 4.69) is 36.3 Å². The van der Waals surface area contributed by atoms with Gasteiger partial charge in [0.2, 0.25) is 0 Å². The van der Waals surface area contributed by atoms with Crippen molar-refractivity contribution in [1.29, 1.82) is 0 Å². The number of benzene rings is 1. The van der Waals surface area contributed by atoms with Gasteiger partial charge in [-0.3, -0.25) is 0 Å². The minimum atomic E-state index is -0.794. The lowest BCUT2D eigenvalue weighted by molar-refractivity contribution is 0.132. The number of nitrogens with zero attached hydrogens (tertiary/aromatic N) is 1. The molecule has 2 heterocycles. The lowest BCUT2D eigenvalue weighted by Crippen LogP contribution is -2.36.